The number of hydrogen-bond donors (Lipinski definition) is 1. The summed E-state index contributed by atoms with van der Waals surface area (Å²) < 4.78 is 4.25. The van der Waals surface area contributed by atoms with Crippen molar-refractivity contribution in [2.75, 3.05) is 7.11 Å². The standard InChI is InChI=1S/C5H8N2O2/c1-9-5(8)2-4(7)3-6/h4H,2,7H2,1H3/t4-/m0/s1. The lowest BCUT2D eigenvalue weighted by atomic mass is 10.2. The second-order valence-corrected chi connectivity index (χ2v) is 1.52. The molecule has 0 unspecified atom stereocenters. The van der Waals surface area contributed by atoms with E-state index < -0.39 is 12.0 Å². The number of methoxy groups -OCH3 is 1. The van der Waals surface area contributed by atoms with E-state index >= 15 is 0 Å². The molecule has 0 bridgehead atoms. The minimum Gasteiger partial charge on any atom is -0.469 e. The fourth-order valence-corrected chi connectivity index (χ4v) is 0.309. The summed E-state index contributed by atoms with van der Waals surface area (Å²) in [5.74, 6) is -0.455. The molecule has 0 aromatic heterocycles. The van der Waals surface area contributed by atoms with Crippen molar-refractivity contribution >= 4 is 5.97 Å². The van der Waals surface area contributed by atoms with Gasteiger partial charge in [-0.15, -0.1) is 0 Å². The van der Waals surface area contributed by atoms with Crippen molar-refractivity contribution in [3.63, 3.8) is 0 Å². The number of carbonyl (C=O) groups excluding carboxylic acids is 1. The molecule has 2 N–H and O–H groups in total. The van der Waals surface area contributed by atoms with Gasteiger partial charge in [0.05, 0.1) is 19.6 Å². The van der Waals surface area contributed by atoms with Crippen LogP contribution in [0.4, 0.5) is 0 Å². The first-order valence-corrected chi connectivity index (χ1v) is 2.42. The van der Waals surface area contributed by atoms with Gasteiger partial charge in [-0.3, -0.25) is 4.79 Å². The highest BCUT2D eigenvalue weighted by atomic mass is 16.5. The van der Waals surface area contributed by atoms with Gasteiger partial charge in [-0.1, -0.05) is 0 Å². The molecule has 1 atom stereocenters. The molecule has 0 radical (unpaired) electrons. The predicted molar refractivity (Wildman–Crippen MR) is 30.2 cm³/mol. The van der Waals surface area contributed by atoms with Crippen LogP contribution in [0.5, 0.6) is 0 Å². The van der Waals surface area contributed by atoms with Crippen LogP contribution in [0.25, 0.3) is 0 Å². The van der Waals surface area contributed by atoms with Crippen LogP contribution >= 0.6 is 0 Å². The molecular weight excluding hydrogens is 120 g/mol. The van der Waals surface area contributed by atoms with Gasteiger partial charge in [0, 0.05) is 0 Å². The lowest BCUT2D eigenvalue weighted by Gasteiger charge is -1.97. The molecule has 0 aliphatic heterocycles. The van der Waals surface area contributed by atoms with Crippen LogP contribution in [-0.2, 0) is 9.53 Å². The number of nitrogens with two attached hydrogens (primary N) is 1. The van der Waals surface area contributed by atoms with Crippen molar-refractivity contribution in [3.05, 3.63) is 0 Å². The minimum absolute atomic E-state index is 0.0347. The maximum absolute atomic E-state index is 10.3. The Labute approximate surface area is 53.2 Å². The van der Waals surface area contributed by atoms with E-state index in [2.05, 4.69) is 4.74 Å². The highest BCUT2D eigenvalue weighted by molar-refractivity contribution is 5.70. The van der Waals surface area contributed by atoms with E-state index in [1.165, 1.54) is 7.11 Å². The molecule has 4 heteroatoms. The van der Waals surface area contributed by atoms with E-state index in [1.807, 2.05) is 0 Å². The summed E-state index contributed by atoms with van der Waals surface area (Å²) in [5, 5.41) is 8.10. The molecule has 0 saturated carbocycles. The fraction of sp³-hybridized carbons (Fsp3) is 0.600. The zero-order valence-electron chi connectivity index (χ0n) is 5.13. The first-order valence-electron chi connectivity index (χ1n) is 2.42. The van der Waals surface area contributed by atoms with Gasteiger partial charge in [-0.2, -0.15) is 5.26 Å². The molecule has 9 heavy (non-hydrogen) atoms. The molecule has 0 rings (SSSR count). The van der Waals surface area contributed by atoms with Gasteiger partial charge in [0.1, 0.15) is 6.04 Å². The smallest absolute Gasteiger partial charge is 0.308 e. The van der Waals surface area contributed by atoms with Gasteiger partial charge in [0.15, 0.2) is 0 Å². The van der Waals surface area contributed by atoms with Gasteiger partial charge in [0.2, 0.25) is 0 Å². The Hall–Kier alpha value is -1.08. The molecule has 0 aliphatic carbocycles. The Balaban J connectivity index is 3.50. The van der Waals surface area contributed by atoms with Crippen LogP contribution < -0.4 is 5.73 Å². The average Bonchev–Trinajstić information content (AvgIpc) is 1.87. The van der Waals surface area contributed by atoms with Crippen molar-refractivity contribution in [1.82, 2.24) is 0 Å². The van der Waals surface area contributed by atoms with E-state index in [0.717, 1.165) is 0 Å². The summed E-state index contributed by atoms with van der Waals surface area (Å²) in [4.78, 5) is 10.3. The third-order valence-corrected chi connectivity index (χ3v) is 0.780. The molecule has 0 heterocycles. The number of nitriles is 1. The molecule has 0 saturated heterocycles. The third-order valence-electron chi connectivity index (χ3n) is 0.780. The number of carbonyl (C=O) groups is 1. The maximum Gasteiger partial charge on any atom is 0.308 e. The highest BCUT2D eigenvalue weighted by Crippen LogP contribution is 1.87. The van der Waals surface area contributed by atoms with E-state index in [1.54, 1.807) is 6.07 Å². The Morgan fingerprint density at radius 2 is 2.56 bits per heavy atom. The second-order valence-electron chi connectivity index (χ2n) is 1.52. The largest absolute Gasteiger partial charge is 0.469 e. The highest BCUT2D eigenvalue weighted by Gasteiger charge is 2.06. The van der Waals surface area contributed by atoms with Gasteiger partial charge >= 0.3 is 5.97 Å². The summed E-state index contributed by atoms with van der Waals surface area (Å²) in [6, 6.07) is 0.969. The van der Waals surface area contributed by atoms with Crippen LogP contribution in [0.1, 0.15) is 6.42 Å². The number of rotatable bonds is 2. The van der Waals surface area contributed by atoms with E-state index in [9.17, 15) is 4.79 Å². The van der Waals surface area contributed by atoms with E-state index in [4.69, 9.17) is 11.0 Å². The van der Waals surface area contributed by atoms with E-state index in [0.29, 0.717) is 0 Å². The van der Waals surface area contributed by atoms with Gasteiger partial charge in [0.25, 0.3) is 0 Å². The zero-order chi connectivity index (χ0) is 7.28. The number of hydrogen-bond acceptors (Lipinski definition) is 4. The maximum atomic E-state index is 10.3. The lowest BCUT2D eigenvalue weighted by molar-refractivity contribution is -0.140. The SMILES string of the molecule is COC(=O)C[C@H](N)C#N. The summed E-state index contributed by atoms with van der Waals surface area (Å²) in [5.41, 5.74) is 5.09. The normalized spacial score (nSPS) is 11.7. The van der Waals surface area contributed by atoms with Crippen molar-refractivity contribution in [2.45, 2.75) is 12.5 Å². The van der Waals surface area contributed by atoms with Crippen molar-refractivity contribution < 1.29 is 9.53 Å². The van der Waals surface area contributed by atoms with Crippen LogP contribution in [-0.4, -0.2) is 19.1 Å². The number of esters is 1. The first kappa shape index (κ1) is 7.92. The number of ether oxygens (including phenoxy) is 1. The van der Waals surface area contributed by atoms with Crippen LogP contribution in [0.15, 0.2) is 0 Å². The van der Waals surface area contributed by atoms with Crippen molar-refractivity contribution in [1.29, 1.82) is 5.26 Å². The molecular formula is C5H8N2O2. The Kier molecular flexibility index (Phi) is 3.40. The Morgan fingerprint density at radius 3 is 2.89 bits per heavy atom. The molecule has 0 amide bonds. The third kappa shape index (κ3) is 3.50. The number of nitrogens with zero attached hydrogens (tertiary/aromatic N) is 1. The van der Waals surface area contributed by atoms with Gasteiger partial charge < -0.3 is 10.5 Å². The monoisotopic (exact) mass is 128 g/mol. The molecule has 0 spiro atoms. The van der Waals surface area contributed by atoms with Gasteiger partial charge in [-0.25, -0.2) is 0 Å². The summed E-state index contributed by atoms with van der Waals surface area (Å²) in [6.45, 7) is 0. The molecule has 0 aromatic rings. The molecule has 50 valence electrons. The second kappa shape index (κ2) is 3.87. The predicted octanol–water partition coefficient (Wildman–Crippen LogP) is -0.600. The summed E-state index contributed by atoms with van der Waals surface area (Å²) in [6.07, 6.45) is -0.0347. The van der Waals surface area contributed by atoms with E-state index in [-0.39, 0.29) is 6.42 Å². The van der Waals surface area contributed by atoms with Crippen LogP contribution in [0.2, 0.25) is 0 Å². The zero-order valence-corrected chi connectivity index (χ0v) is 5.13. The molecule has 0 aliphatic rings. The lowest BCUT2D eigenvalue weighted by Crippen LogP contribution is -2.22. The molecule has 0 fully saturated rings. The first-order chi connectivity index (χ1) is 4.20. The summed E-state index contributed by atoms with van der Waals surface area (Å²) in [7, 11) is 1.26. The quantitative estimate of drug-likeness (QED) is 0.504. The topological polar surface area (TPSA) is 76.1 Å². The van der Waals surface area contributed by atoms with Crippen LogP contribution in [0, 0.1) is 11.3 Å². The Morgan fingerprint density at radius 1 is 2.00 bits per heavy atom. The van der Waals surface area contributed by atoms with Crippen LogP contribution in [0.3, 0.4) is 0 Å². The average molecular weight is 128 g/mol. The fourth-order valence-electron chi connectivity index (χ4n) is 0.309. The van der Waals surface area contributed by atoms with Crippen molar-refractivity contribution in [3.8, 4) is 6.07 Å². The minimum atomic E-state index is -0.738. The summed E-state index contributed by atoms with van der Waals surface area (Å²) >= 11 is 0. The van der Waals surface area contributed by atoms with Gasteiger partial charge in [-0.05, 0) is 0 Å². The molecule has 0 aromatic carbocycles. The van der Waals surface area contributed by atoms with Crippen molar-refractivity contribution in [2.24, 2.45) is 5.73 Å². The molecule has 4 nitrogen and oxygen atoms in total. The Bertz CT molecular complexity index is 138.